The van der Waals surface area contributed by atoms with E-state index in [1.54, 1.807) is 19.3 Å². The van der Waals surface area contributed by atoms with Crippen LogP contribution in [0.5, 0.6) is 0 Å². The SMILES string of the molecule is C[C@H](O)c1cc2n(n1)CCN(C1CCN(C(=O)c3cnccn3)CC1)C2. The second kappa shape index (κ2) is 7.13. The Morgan fingerprint density at radius 3 is 2.73 bits per heavy atom. The van der Waals surface area contributed by atoms with Gasteiger partial charge in [0.15, 0.2) is 0 Å². The molecule has 2 aliphatic heterocycles. The summed E-state index contributed by atoms with van der Waals surface area (Å²) >= 11 is 0. The molecule has 1 fully saturated rings. The Bertz CT molecular complexity index is 767. The fourth-order valence-corrected chi connectivity index (χ4v) is 3.83. The molecule has 2 aromatic heterocycles. The van der Waals surface area contributed by atoms with E-state index in [9.17, 15) is 9.90 Å². The van der Waals surface area contributed by atoms with Gasteiger partial charge in [-0.3, -0.25) is 19.4 Å². The van der Waals surface area contributed by atoms with Crippen LogP contribution in [-0.2, 0) is 13.1 Å². The van der Waals surface area contributed by atoms with Crippen LogP contribution in [0.2, 0.25) is 0 Å². The molecule has 0 aromatic carbocycles. The molecule has 1 saturated heterocycles. The number of nitrogens with zero attached hydrogens (tertiary/aromatic N) is 6. The van der Waals surface area contributed by atoms with E-state index in [0.717, 1.165) is 57.0 Å². The van der Waals surface area contributed by atoms with Crippen LogP contribution < -0.4 is 0 Å². The average Bonchev–Trinajstić information content (AvgIpc) is 3.12. The standard InChI is InChI=1S/C18H24N6O2/c1-13(25)16-10-15-12-23(8-9-24(15)21-16)14-2-6-22(7-3-14)18(26)17-11-19-4-5-20-17/h4-5,10-11,13-14,25H,2-3,6-9,12H2,1H3/t13-/m0/s1. The summed E-state index contributed by atoms with van der Waals surface area (Å²) in [7, 11) is 0. The lowest BCUT2D eigenvalue weighted by Crippen LogP contribution is -2.48. The number of rotatable bonds is 3. The molecule has 8 heteroatoms. The van der Waals surface area contributed by atoms with Gasteiger partial charge in [-0.15, -0.1) is 0 Å². The van der Waals surface area contributed by atoms with Crippen LogP contribution in [0.15, 0.2) is 24.7 Å². The van der Waals surface area contributed by atoms with Crippen molar-refractivity contribution in [2.75, 3.05) is 19.6 Å². The van der Waals surface area contributed by atoms with E-state index in [-0.39, 0.29) is 5.91 Å². The summed E-state index contributed by atoms with van der Waals surface area (Å²) in [6.07, 6.45) is 6.05. The van der Waals surface area contributed by atoms with Gasteiger partial charge >= 0.3 is 0 Å². The Morgan fingerprint density at radius 2 is 2.04 bits per heavy atom. The van der Waals surface area contributed by atoms with Gasteiger partial charge in [0.2, 0.25) is 0 Å². The fourth-order valence-electron chi connectivity index (χ4n) is 3.83. The van der Waals surface area contributed by atoms with Gasteiger partial charge in [-0.1, -0.05) is 0 Å². The zero-order chi connectivity index (χ0) is 18.1. The number of carbonyl (C=O) groups is 1. The zero-order valence-electron chi connectivity index (χ0n) is 15.0. The van der Waals surface area contributed by atoms with Crippen molar-refractivity contribution in [3.63, 3.8) is 0 Å². The highest BCUT2D eigenvalue weighted by Gasteiger charge is 2.30. The van der Waals surface area contributed by atoms with E-state index in [4.69, 9.17) is 0 Å². The van der Waals surface area contributed by atoms with Gasteiger partial charge in [-0.2, -0.15) is 5.10 Å². The van der Waals surface area contributed by atoms with Crippen molar-refractivity contribution in [2.45, 2.75) is 45.0 Å². The Kier molecular flexibility index (Phi) is 4.69. The van der Waals surface area contributed by atoms with Gasteiger partial charge in [-0.05, 0) is 25.8 Å². The largest absolute Gasteiger partial charge is 0.387 e. The third kappa shape index (κ3) is 3.34. The molecule has 8 nitrogen and oxygen atoms in total. The molecule has 2 aliphatic rings. The minimum Gasteiger partial charge on any atom is -0.387 e. The number of carbonyl (C=O) groups excluding carboxylic acids is 1. The van der Waals surface area contributed by atoms with Crippen molar-refractivity contribution in [3.8, 4) is 0 Å². The molecule has 0 unspecified atom stereocenters. The first-order valence-electron chi connectivity index (χ1n) is 9.16. The summed E-state index contributed by atoms with van der Waals surface area (Å²) in [5, 5.41) is 14.2. The van der Waals surface area contributed by atoms with Gasteiger partial charge in [0.1, 0.15) is 5.69 Å². The van der Waals surface area contributed by atoms with Crippen LogP contribution in [-0.4, -0.2) is 66.2 Å². The quantitative estimate of drug-likeness (QED) is 0.877. The van der Waals surface area contributed by atoms with E-state index in [0.29, 0.717) is 11.7 Å². The van der Waals surface area contributed by atoms with Crippen molar-refractivity contribution in [1.82, 2.24) is 29.5 Å². The molecular formula is C18H24N6O2. The molecule has 4 rings (SSSR count). The minimum absolute atomic E-state index is 0.0326. The van der Waals surface area contributed by atoms with E-state index in [1.807, 2.05) is 15.6 Å². The molecule has 26 heavy (non-hydrogen) atoms. The zero-order valence-corrected chi connectivity index (χ0v) is 15.0. The van der Waals surface area contributed by atoms with Crippen molar-refractivity contribution in [3.05, 3.63) is 41.7 Å². The van der Waals surface area contributed by atoms with Crippen LogP contribution >= 0.6 is 0 Å². The Hall–Kier alpha value is -2.32. The summed E-state index contributed by atoms with van der Waals surface area (Å²) in [5.41, 5.74) is 2.31. The predicted octanol–water partition coefficient (Wildman–Crippen LogP) is 0.847. The Balaban J connectivity index is 1.36. The predicted molar refractivity (Wildman–Crippen MR) is 94.2 cm³/mol. The van der Waals surface area contributed by atoms with Crippen molar-refractivity contribution in [1.29, 1.82) is 0 Å². The van der Waals surface area contributed by atoms with Gasteiger partial charge in [0, 0.05) is 44.6 Å². The smallest absolute Gasteiger partial charge is 0.274 e. The Labute approximate surface area is 152 Å². The number of hydrogen-bond acceptors (Lipinski definition) is 6. The number of aromatic nitrogens is 4. The lowest BCUT2D eigenvalue weighted by molar-refractivity contribution is 0.0564. The molecule has 1 N–H and O–H groups in total. The fraction of sp³-hybridized carbons (Fsp3) is 0.556. The average molecular weight is 356 g/mol. The second-order valence-electron chi connectivity index (χ2n) is 7.04. The lowest BCUT2D eigenvalue weighted by Gasteiger charge is -2.40. The highest BCUT2D eigenvalue weighted by Crippen LogP contribution is 2.24. The summed E-state index contributed by atoms with van der Waals surface area (Å²) < 4.78 is 2.01. The summed E-state index contributed by atoms with van der Waals surface area (Å²) in [6, 6.07) is 2.48. The van der Waals surface area contributed by atoms with E-state index < -0.39 is 6.10 Å². The maximum atomic E-state index is 12.5. The van der Waals surface area contributed by atoms with Gasteiger partial charge in [0.25, 0.3) is 5.91 Å². The van der Waals surface area contributed by atoms with Crippen LogP contribution in [0.25, 0.3) is 0 Å². The molecule has 138 valence electrons. The van der Waals surface area contributed by atoms with E-state index in [1.165, 1.54) is 6.20 Å². The first kappa shape index (κ1) is 17.1. The van der Waals surface area contributed by atoms with Gasteiger partial charge in [0.05, 0.1) is 30.2 Å². The highest BCUT2D eigenvalue weighted by atomic mass is 16.3. The summed E-state index contributed by atoms with van der Waals surface area (Å²) in [5.74, 6) is -0.0326. The third-order valence-electron chi connectivity index (χ3n) is 5.32. The van der Waals surface area contributed by atoms with E-state index in [2.05, 4.69) is 20.0 Å². The third-order valence-corrected chi connectivity index (χ3v) is 5.32. The van der Waals surface area contributed by atoms with Gasteiger partial charge in [-0.25, -0.2) is 4.98 Å². The van der Waals surface area contributed by atoms with Crippen LogP contribution in [0.4, 0.5) is 0 Å². The number of aliphatic hydroxyl groups excluding tert-OH is 1. The number of fused-ring (bicyclic) bond motifs is 1. The summed E-state index contributed by atoms with van der Waals surface area (Å²) in [6.45, 7) is 5.89. The maximum absolute atomic E-state index is 12.5. The second-order valence-corrected chi connectivity index (χ2v) is 7.04. The molecular weight excluding hydrogens is 332 g/mol. The van der Waals surface area contributed by atoms with Crippen molar-refractivity contribution < 1.29 is 9.90 Å². The number of likely N-dealkylation sites (tertiary alicyclic amines) is 1. The number of amides is 1. The molecule has 0 radical (unpaired) electrons. The van der Waals surface area contributed by atoms with Gasteiger partial charge < -0.3 is 10.0 Å². The molecule has 0 saturated carbocycles. The Morgan fingerprint density at radius 1 is 1.23 bits per heavy atom. The van der Waals surface area contributed by atoms with Crippen molar-refractivity contribution in [2.24, 2.45) is 0 Å². The maximum Gasteiger partial charge on any atom is 0.274 e. The number of aliphatic hydroxyl groups is 1. The lowest BCUT2D eigenvalue weighted by atomic mass is 10.0. The monoisotopic (exact) mass is 356 g/mol. The van der Waals surface area contributed by atoms with Crippen molar-refractivity contribution >= 4 is 5.91 Å². The molecule has 2 aromatic rings. The van der Waals surface area contributed by atoms with Crippen LogP contribution in [0, 0.1) is 0 Å². The summed E-state index contributed by atoms with van der Waals surface area (Å²) in [4.78, 5) is 24.9. The molecule has 0 bridgehead atoms. The normalized spacial score (nSPS) is 20.0. The minimum atomic E-state index is -0.531. The topological polar surface area (TPSA) is 87.4 Å². The molecule has 4 heterocycles. The highest BCUT2D eigenvalue weighted by molar-refractivity contribution is 5.92. The molecule has 0 spiro atoms. The molecule has 1 atom stereocenters. The first-order valence-corrected chi connectivity index (χ1v) is 9.16. The van der Waals surface area contributed by atoms with Crippen LogP contribution in [0.1, 0.15) is 47.7 Å². The van der Waals surface area contributed by atoms with Crippen LogP contribution in [0.3, 0.4) is 0 Å². The molecule has 1 amide bonds. The number of piperidine rings is 1. The van der Waals surface area contributed by atoms with E-state index >= 15 is 0 Å². The molecule has 0 aliphatic carbocycles. The first-order chi connectivity index (χ1) is 12.6. The number of hydrogen-bond donors (Lipinski definition) is 1.